The first kappa shape index (κ1) is 22.9. The molecule has 1 heterocycles. The lowest BCUT2D eigenvalue weighted by Gasteiger charge is -2.13. The summed E-state index contributed by atoms with van der Waals surface area (Å²) in [5.74, 6) is 2.25. The third kappa shape index (κ3) is 5.74. The fraction of sp³-hybridized carbons (Fsp3) is 0.292. The Morgan fingerprint density at radius 2 is 1.79 bits per heavy atom. The summed E-state index contributed by atoms with van der Waals surface area (Å²) in [5.41, 5.74) is 1.22. The van der Waals surface area contributed by atoms with E-state index in [1.54, 1.807) is 7.11 Å². The number of amides is 1. The molecule has 1 fully saturated rings. The molecule has 0 unspecified atom stereocenters. The maximum atomic E-state index is 12.6. The van der Waals surface area contributed by atoms with Gasteiger partial charge in [-0.1, -0.05) is 0 Å². The molecule has 1 aliphatic carbocycles. The molecule has 33 heavy (non-hydrogen) atoms. The van der Waals surface area contributed by atoms with E-state index in [9.17, 15) is 13.2 Å². The lowest BCUT2D eigenvalue weighted by molar-refractivity contribution is -0.116. The quantitative estimate of drug-likeness (QED) is 0.464. The summed E-state index contributed by atoms with van der Waals surface area (Å²) in [6, 6.07) is 15.6. The van der Waals surface area contributed by atoms with Gasteiger partial charge in [0.05, 0.1) is 24.8 Å². The number of hydrogen-bond donors (Lipinski definition) is 2. The average molecular weight is 471 g/mol. The number of hydrogen-bond acceptors (Lipinski definition) is 6. The Kier molecular flexibility index (Phi) is 6.71. The van der Waals surface area contributed by atoms with Crippen LogP contribution in [0.3, 0.4) is 0 Å². The zero-order valence-electron chi connectivity index (χ0n) is 18.5. The van der Waals surface area contributed by atoms with E-state index in [0.29, 0.717) is 29.4 Å². The summed E-state index contributed by atoms with van der Waals surface area (Å²) in [5, 5.41) is 2.75. The number of benzene rings is 2. The zero-order chi connectivity index (χ0) is 23.4. The van der Waals surface area contributed by atoms with Crippen LogP contribution >= 0.6 is 0 Å². The van der Waals surface area contributed by atoms with Gasteiger partial charge in [0.25, 0.3) is 0 Å². The van der Waals surface area contributed by atoms with Gasteiger partial charge in [-0.3, -0.25) is 4.79 Å². The number of aryl methyl sites for hydroxylation is 1. The fourth-order valence-corrected chi connectivity index (χ4v) is 4.64. The number of carbonyl (C=O) groups excluding carboxylic acids is 1. The molecule has 1 amide bonds. The van der Waals surface area contributed by atoms with Crippen molar-refractivity contribution in [3.05, 3.63) is 60.4 Å². The number of nitrogens with one attached hydrogen (secondary N) is 2. The van der Waals surface area contributed by atoms with Crippen LogP contribution < -0.4 is 19.5 Å². The van der Waals surface area contributed by atoms with Crippen LogP contribution in [0.1, 0.15) is 25.0 Å². The van der Waals surface area contributed by atoms with Crippen molar-refractivity contribution in [3.63, 3.8) is 0 Å². The minimum atomic E-state index is -3.64. The van der Waals surface area contributed by atoms with Gasteiger partial charge in [-0.2, -0.15) is 0 Å². The van der Waals surface area contributed by atoms with Crippen molar-refractivity contribution < 1.29 is 27.1 Å². The van der Waals surface area contributed by atoms with Gasteiger partial charge in [-0.25, -0.2) is 13.1 Å². The largest absolute Gasteiger partial charge is 0.497 e. The summed E-state index contributed by atoms with van der Waals surface area (Å²) < 4.78 is 43.9. The topological polar surface area (TPSA) is 107 Å². The molecule has 0 bridgehead atoms. The SMILES string of the molecule is COc1ccc(-c2ccc(CCC(=O)Nc3cc(S(=O)(=O)NC4CC4)ccc3OC)o2)cc1. The van der Waals surface area contributed by atoms with E-state index in [2.05, 4.69) is 10.0 Å². The molecule has 8 nitrogen and oxygen atoms in total. The van der Waals surface area contributed by atoms with Crippen LogP contribution in [-0.2, 0) is 21.2 Å². The Morgan fingerprint density at radius 3 is 2.45 bits per heavy atom. The van der Waals surface area contributed by atoms with E-state index in [1.807, 2.05) is 36.4 Å². The molecule has 0 atom stereocenters. The molecule has 174 valence electrons. The summed E-state index contributed by atoms with van der Waals surface area (Å²) in [6.07, 6.45) is 2.24. The van der Waals surface area contributed by atoms with Gasteiger partial charge in [0.2, 0.25) is 15.9 Å². The number of furan rings is 1. The second-order valence-electron chi connectivity index (χ2n) is 7.80. The van der Waals surface area contributed by atoms with Crippen LogP contribution in [0.2, 0.25) is 0 Å². The van der Waals surface area contributed by atoms with Crippen molar-refractivity contribution in [1.82, 2.24) is 4.72 Å². The predicted molar refractivity (Wildman–Crippen MR) is 124 cm³/mol. The summed E-state index contributed by atoms with van der Waals surface area (Å²) in [4.78, 5) is 12.6. The molecule has 3 aromatic rings. The fourth-order valence-electron chi connectivity index (χ4n) is 3.31. The number of anilines is 1. The summed E-state index contributed by atoms with van der Waals surface area (Å²) >= 11 is 0. The Balaban J connectivity index is 1.39. The van der Waals surface area contributed by atoms with Crippen LogP contribution in [0.15, 0.2) is 63.9 Å². The summed E-state index contributed by atoms with van der Waals surface area (Å²) in [6.45, 7) is 0. The smallest absolute Gasteiger partial charge is 0.240 e. The molecule has 0 aliphatic heterocycles. The van der Waals surface area contributed by atoms with Gasteiger partial charge in [0.1, 0.15) is 23.0 Å². The van der Waals surface area contributed by atoms with Crippen molar-refractivity contribution in [2.75, 3.05) is 19.5 Å². The average Bonchev–Trinajstić information content (AvgIpc) is 3.49. The maximum Gasteiger partial charge on any atom is 0.240 e. The van der Waals surface area contributed by atoms with E-state index < -0.39 is 10.0 Å². The highest BCUT2D eigenvalue weighted by molar-refractivity contribution is 7.89. The highest BCUT2D eigenvalue weighted by Gasteiger charge is 2.28. The minimum absolute atomic E-state index is 0.00811. The molecule has 9 heteroatoms. The number of rotatable bonds is 10. The molecule has 1 saturated carbocycles. The Labute approximate surface area is 193 Å². The lowest BCUT2D eigenvalue weighted by Crippen LogP contribution is -2.26. The monoisotopic (exact) mass is 470 g/mol. The second kappa shape index (κ2) is 9.68. The van der Waals surface area contributed by atoms with Crippen molar-refractivity contribution in [2.24, 2.45) is 0 Å². The number of sulfonamides is 1. The summed E-state index contributed by atoms with van der Waals surface area (Å²) in [7, 11) is -0.568. The second-order valence-corrected chi connectivity index (χ2v) is 9.51. The first-order chi connectivity index (χ1) is 15.9. The van der Waals surface area contributed by atoms with E-state index in [0.717, 1.165) is 24.2 Å². The van der Waals surface area contributed by atoms with Crippen LogP contribution in [0.5, 0.6) is 11.5 Å². The molecule has 0 saturated heterocycles. The minimum Gasteiger partial charge on any atom is -0.497 e. The van der Waals surface area contributed by atoms with E-state index in [1.165, 1.54) is 25.3 Å². The van der Waals surface area contributed by atoms with Crippen LogP contribution in [-0.4, -0.2) is 34.6 Å². The van der Waals surface area contributed by atoms with E-state index >= 15 is 0 Å². The first-order valence-corrected chi connectivity index (χ1v) is 12.1. The molecule has 1 aromatic heterocycles. The van der Waals surface area contributed by atoms with Crippen molar-refractivity contribution in [2.45, 2.75) is 36.6 Å². The number of carbonyl (C=O) groups is 1. The van der Waals surface area contributed by atoms with Gasteiger partial charge in [-0.05, 0) is 67.4 Å². The first-order valence-electron chi connectivity index (χ1n) is 10.6. The van der Waals surface area contributed by atoms with E-state index in [-0.39, 0.29) is 23.3 Å². The predicted octanol–water partition coefficient (Wildman–Crippen LogP) is 3.98. The lowest BCUT2D eigenvalue weighted by atomic mass is 10.2. The normalized spacial score (nSPS) is 13.5. The number of methoxy groups -OCH3 is 2. The zero-order valence-corrected chi connectivity index (χ0v) is 19.3. The van der Waals surface area contributed by atoms with Crippen LogP contribution in [0.4, 0.5) is 5.69 Å². The molecule has 4 rings (SSSR count). The molecule has 0 spiro atoms. The third-order valence-electron chi connectivity index (χ3n) is 5.29. The van der Waals surface area contributed by atoms with Gasteiger partial charge < -0.3 is 19.2 Å². The van der Waals surface area contributed by atoms with Crippen molar-refractivity contribution in [1.29, 1.82) is 0 Å². The van der Waals surface area contributed by atoms with E-state index in [4.69, 9.17) is 13.9 Å². The number of ether oxygens (including phenoxy) is 2. The van der Waals surface area contributed by atoms with Crippen LogP contribution in [0.25, 0.3) is 11.3 Å². The van der Waals surface area contributed by atoms with Gasteiger partial charge in [0, 0.05) is 24.4 Å². The Morgan fingerprint density at radius 1 is 1.03 bits per heavy atom. The Hall–Kier alpha value is -3.30. The molecule has 0 radical (unpaired) electrons. The Bertz CT molecular complexity index is 1230. The molecule has 1 aliphatic rings. The molecular weight excluding hydrogens is 444 g/mol. The molecule has 2 N–H and O–H groups in total. The van der Waals surface area contributed by atoms with Crippen LogP contribution in [0, 0.1) is 0 Å². The van der Waals surface area contributed by atoms with Gasteiger partial charge >= 0.3 is 0 Å². The maximum absolute atomic E-state index is 12.6. The standard InChI is InChI=1S/C24H26N2O6S/c1-30-18-7-3-16(4-8-18)22-12-9-19(32-22)10-14-24(27)25-21-15-20(11-13-23(21)31-2)33(28,29)26-17-5-6-17/h3-4,7-9,11-13,15,17,26H,5-6,10,14H2,1-2H3,(H,25,27). The molecular formula is C24H26N2O6S. The third-order valence-corrected chi connectivity index (χ3v) is 6.81. The van der Waals surface area contributed by atoms with Crippen molar-refractivity contribution in [3.8, 4) is 22.8 Å². The van der Waals surface area contributed by atoms with Gasteiger partial charge in [-0.15, -0.1) is 0 Å². The highest BCUT2D eigenvalue weighted by Crippen LogP contribution is 2.30. The van der Waals surface area contributed by atoms with Crippen molar-refractivity contribution >= 4 is 21.6 Å². The van der Waals surface area contributed by atoms with Gasteiger partial charge in [0.15, 0.2) is 0 Å². The highest BCUT2D eigenvalue weighted by atomic mass is 32.2. The molecule has 2 aromatic carbocycles.